The maximum atomic E-state index is 12.9. The van der Waals surface area contributed by atoms with Crippen LogP contribution in [-0.2, 0) is 14.3 Å². The number of hydrogen-bond acceptors (Lipinski definition) is 4. The molecule has 214 valence electrons. The van der Waals surface area contributed by atoms with Gasteiger partial charge in [0.05, 0.1) is 24.5 Å². The Morgan fingerprint density at radius 2 is 1.62 bits per heavy atom. The number of ketones is 1. The van der Waals surface area contributed by atoms with Crippen LogP contribution in [0.4, 0.5) is 0 Å². The summed E-state index contributed by atoms with van der Waals surface area (Å²) in [5.41, 5.74) is 5.14. The van der Waals surface area contributed by atoms with Crippen molar-refractivity contribution >= 4 is 12.0 Å². The van der Waals surface area contributed by atoms with Crippen molar-refractivity contribution in [3.63, 3.8) is 0 Å². The molecule has 0 spiro atoms. The highest BCUT2D eigenvalue weighted by Gasteiger charge is 2.22. The number of methoxy groups -OCH3 is 1. The lowest BCUT2D eigenvalue weighted by Crippen LogP contribution is -2.23. The van der Waals surface area contributed by atoms with Crippen LogP contribution in [0, 0.1) is 17.3 Å². The minimum Gasteiger partial charge on any atom is -0.384 e. The number of rotatable bonds is 17. The molecule has 0 N–H and O–H groups in total. The standard InChI is InChI=1S/C33H59NO3/c1-14-24(3)26(5)31(29(20-21-36-13)27(6)32(7,8)9)34-22-25(4)30(35)19-17-16-18-28(15-2)23-37-33(10,11)12/h22,24,28H,4,14-21,23H2,1-3,5-13H3/b29-27+,31-26+,34-22?/t24?,28-/m1/s1. The second-order valence-corrected chi connectivity index (χ2v) is 12.6. The van der Waals surface area contributed by atoms with Gasteiger partial charge in [-0.05, 0) is 88.7 Å². The van der Waals surface area contributed by atoms with Crippen molar-refractivity contribution in [2.24, 2.45) is 22.2 Å². The van der Waals surface area contributed by atoms with Crippen LogP contribution in [-0.4, -0.2) is 37.9 Å². The van der Waals surface area contributed by atoms with E-state index >= 15 is 0 Å². The summed E-state index contributed by atoms with van der Waals surface area (Å²) >= 11 is 0. The quantitative estimate of drug-likeness (QED) is 0.0835. The van der Waals surface area contributed by atoms with Crippen LogP contribution in [0.3, 0.4) is 0 Å². The number of Topliss-reactive ketones (excluding diaryl/α,β-unsaturated/α-hetero) is 1. The van der Waals surface area contributed by atoms with E-state index in [-0.39, 0.29) is 16.8 Å². The van der Waals surface area contributed by atoms with Crippen molar-refractivity contribution in [1.82, 2.24) is 0 Å². The van der Waals surface area contributed by atoms with Crippen LogP contribution in [0.1, 0.15) is 121 Å². The number of carbonyl (C=O) groups is 1. The molecular formula is C33H59NO3. The van der Waals surface area contributed by atoms with Crippen LogP contribution in [0.25, 0.3) is 0 Å². The number of allylic oxidation sites excluding steroid dienone is 4. The number of nitrogens with zero attached hydrogens (tertiary/aromatic N) is 1. The van der Waals surface area contributed by atoms with E-state index in [4.69, 9.17) is 14.5 Å². The van der Waals surface area contributed by atoms with Crippen LogP contribution in [0.2, 0.25) is 0 Å². The lowest BCUT2D eigenvalue weighted by molar-refractivity contribution is -0.115. The highest BCUT2D eigenvalue weighted by Crippen LogP contribution is 2.35. The fraction of sp³-hybridized carbons (Fsp3) is 0.758. The lowest BCUT2D eigenvalue weighted by Gasteiger charge is -2.26. The summed E-state index contributed by atoms with van der Waals surface area (Å²) in [5.74, 6) is 1.02. The maximum Gasteiger partial charge on any atom is 0.163 e. The SMILES string of the molecule is C=C(C=NC(/C(CCOC)=C(\C)C(C)(C)C)=C(\C)C(C)CC)C(=O)CCCC[C@@H](CC)COC(C)(C)C. The maximum absolute atomic E-state index is 12.9. The molecule has 4 nitrogen and oxygen atoms in total. The molecule has 0 amide bonds. The van der Waals surface area contributed by atoms with Gasteiger partial charge in [0.15, 0.2) is 5.78 Å². The van der Waals surface area contributed by atoms with Gasteiger partial charge < -0.3 is 9.47 Å². The highest BCUT2D eigenvalue weighted by molar-refractivity contribution is 6.12. The van der Waals surface area contributed by atoms with Crippen molar-refractivity contribution in [2.45, 2.75) is 127 Å². The molecule has 0 aliphatic heterocycles. The molecule has 0 fully saturated rings. The van der Waals surface area contributed by atoms with E-state index in [0.29, 0.717) is 30.4 Å². The molecule has 0 aliphatic carbocycles. The topological polar surface area (TPSA) is 47.9 Å². The average Bonchev–Trinajstić information content (AvgIpc) is 2.82. The molecule has 0 saturated heterocycles. The molecule has 0 bridgehead atoms. The van der Waals surface area contributed by atoms with E-state index < -0.39 is 0 Å². The van der Waals surface area contributed by atoms with Crippen LogP contribution < -0.4 is 0 Å². The van der Waals surface area contributed by atoms with Gasteiger partial charge >= 0.3 is 0 Å². The Balaban J connectivity index is 5.52. The molecule has 1 unspecified atom stereocenters. The predicted octanol–water partition coefficient (Wildman–Crippen LogP) is 9.30. The van der Waals surface area contributed by atoms with Crippen LogP contribution >= 0.6 is 0 Å². The molecular weight excluding hydrogens is 458 g/mol. The number of unbranched alkanes of at least 4 members (excludes halogenated alkanes) is 1. The van der Waals surface area contributed by atoms with Crippen molar-refractivity contribution in [3.8, 4) is 0 Å². The third-order valence-electron chi connectivity index (χ3n) is 7.45. The van der Waals surface area contributed by atoms with E-state index in [9.17, 15) is 4.79 Å². The van der Waals surface area contributed by atoms with Crippen molar-refractivity contribution < 1.29 is 14.3 Å². The Labute approximate surface area is 230 Å². The first kappa shape index (κ1) is 35.5. The number of ether oxygens (including phenoxy) is 2. The fourth-order valence-electron chi connectivity index (χ4n) is 3.96. The third-order valence-corrected chi connectivity index (χ3v) is 7.45. The fourth-order valence-corrected chi connectivity index (χ4v) is 3.96. The summed E-state index contributed by atoms with van der Waals surface area (Å²) in [6.07, 6.45) is 8.11. The molecule has 0 aromatic carbocycles. The van der Waals surface area contributed by atoms with Gasteiger partial charge in [0.2, 0.25) is 0 Å². The Hall–Kier alpha value is -1.52. The first-order valence-electron chi connectivity index (χ1n) is 14.4. The van der Waals surface area contributed by atoms with Gasteiger partial charge in [-0.15, -0.1) is 0 Å². The highest BCUT2D eigenvalue weighted by atomic mass is 16.5. The van der Waals surface area contributed by atoms with Gasteiger partial charge in [-0.25, -0.2) is 0 Å². The van der Waals surface area contributed by atoms with Crippen molar-refractivity contribution in [3.05, 3.63) is 34.6 Å². The molecule has 37 heavy (non-hydrogen) atoms. The second-order valence-electron chi connectivity index (χ2n) is 12.6. The summed E-state index contributed by atoms with van der Waals surface area (Å²) in [6.45, 7) is 29.5. The summed E-state index contributed by atoms with van der Waals surface area (Å²) < 4.78 is 11.4. The second kappa shape index (κ2) is 17.1. The Bertz CT molecular complexity index is 802. The molecule has 0 aromatic heterocycles. The minimum absolute atomic E-state index is 0.0146. The van der Waals surface area contributed by atoms with E-state index in [1.807, 2.05) is 0 Å². The van der Waals surface area contributed by atoms with Crippen LogP contribution in [0.5, 0.6) is 0 Å². The largest absolute Gasteiger partial charge is 0.384 e. The molecule has 4 heteroatoms. The van der Waals surface area contributed by atoms with E-state index in [2.05, 4.69) is 82.7 Å². The first-order valence-corrected chi connectivity index (χ1v) is 14.4. The number of hydrogen-bond donors (Lipinski definition) is 0. The van der Waals surface area contributed by atoms with E-state index in [0.717, 1.165) is 50.8 Å². The minimum atomic E-state index is -0.106. The Kier molecular flexibility index (Phi) is 16.4. The van der Waals surface area contributed by atoms with Gasteiger partial charge in [-0.1, -0.05) is 66.5 Å². The van der Waals surface area contributed by atoms with Gasteiger partial charge in [0, 0.05) is 25.3 Å². The molecule has 2 atom stereocenters. The Morgan fingerprint density at radius 1 is 1.00 bits per heavy atom. The Morgan fingerprint density at radius 3 is 2.11 bits per heavy atom. The van der Waals surface area contributed by atoms with E-state index in [1.165, 1.54) is 16.7 Å². The zero-order valence-electron chi connectivity index (χ0n) is 26.5. The van der Waals surface area contributed by atoms with Gasteiger partial charge in [-0.3, -0.25) is 9.79 Å². The van der Waals surface area contributed by atoms with Crippen molar-refractivity contribution in [1.29, 1.82) is 0 Å². The average molecular weight is 518 g/mol. The molecule has 0 rings (SSSR count). The zero-order chi connectivity index (χ0) is 28.8. The predicted molar refractivity (Wildman–Crippen MR) is 161 cm³/mol. The zero-order valence-corrected chi connectivity index (χ0v) is 26.5. The molecule has 0 heterocycles. The molecule has 0 saturated carbocycles. The summed E-state index contributed by atoms with van der Waals surface area (Å²) in [6, 6.07) is 0. The smallest absolute Gasteiger partial charge is 0.163 e. The monoisotopic (exact) mass is 517 g/mol. The van der Waals surface area contributed by atoms with Crippen LogP contribution in [0.15, 0.2) is 39.6 Å². The van der Waals surface area contributed by atoms with E-state index in [1.54, 1.807) is 13.3 Å². The first-order chi connectivity index (χ1) is 17.1. The summed E-state index contributed by atoms with van der Waals surface area (Å²) in [5, 5.41) is 0. The molecule has 0 aliphatic rings. The molecule has 0 aromatic rings. The summed E-state index contributed by atoms with van der Waals surface area (Å²) in [4.78, 5) is 17.8. The lowest BCUT2D eigenvalue weighted by atomic mass is 9.81. The normalized spacial score (nSPS) is 15.9. The van der Waals surface area contributed by atoms with Gasteiger partial charge in [0.1, 0.15) is 0 Å². The number of aliphatic imine (C=N–C) groups is 1. The number of carbonyl (C=O) groups excluding carboxylic acids is 1. The van der Waals surface area contributed by atoms with Crippen molar-refractivity contribution in [2.75, 3.05) is 20.3 Å². The summed E-state index contributed by atoms with van der Waals surface area (Å²) in [7, 11) is 1.74. The third kappa shape index (κ3) is 14.3. The molecule has 0 radical (unpaired) electrons. The van der Waals surface area contributed by atoms with Gasteiger partial charge in [0.25, 0.3) is 0 Å². The van der Waals surface area contributed by atoms with Gasteiger partial charge in [-0.2, -0.15) is 0 Å².